The highest BCUT2D eigenvalue weighted by molar-refractivity contribution is 5.54. The molecule has 0 amide bonds. The highest BCUT2D eigenvalue weighted by Crippen LogP contribution is 2.19. The first kappa shape index (κ1) is 4.79. The first-order valence-corrected chi connectivity index (χ1v) is 3.03. The second-order valence-corrected chi connectivity index (χ2v) is 2.10. The van der Waals surface area contributed by atoms with Crippen LogP contribution >= 0.6 is 0 Å². The van der Waals surface area contributed by atoms with E-state index in [1.807, 2.05) is 0 Å². The number of ether oxygens (including phenoxy) is 1. The van der Waals surface area contributed by atoms with Gasteiger partial charge in [-0.25, -0.2) is 0 Å². The van der Waals surface area contributed by atoms with Gasteiger partial charge in [-0.05, 0) is 0 Å². The molecule has 1 heterocycles. The SMILES string of the molecule is C1=CCC2=C(C1)[N+]=CO2. The number of aliphatic imine (C=N–C) groups is 1. The molecule has 9 heavy (non-hydrogen) atoms. The van der Waals surface area contributed by atoms with Crippen molar-refractivity contribution in [3.63, 3.8) is 0 Å². The molecule has 0 aromatic heterocycles. The standard InChI is InChI=1S/C7H7NO/c1-2-4-7-6(3-1)8-5-9-7/h1-2,5H,3-4H2/q+1. The van der Waals surface area contributed by atoms with Crippen LogP contribution in [-0.4, -0.2) is 6.40 Å². The minimum absolute atomic E-state index is 0.912. The van der Waals surface area contributed by atoms with Crippen LogP contribution in [0, 0.1) is 0 Å². The molecule has 1 aliphatic carbocycles. The first-order chi connectivity index (χ1) is 4.47. The molecule has 2 heteroatoms. The van der Waals surface area contributed by atoms with Crippen molar-refractivity contribution in [3.8, 4) is 0 Å². The number of hydrogen-bond donors (Lipinski definition) is 0. The molecule has 0 bridgehead atoms. The summed E-state index contributed by atoms with van der Waals surface area (Å²) < 4.78 is 5.09. The van der Waals surface area contributed by atoms with Crippen molar-refractivity contribution in [3.05, 3.63) is 23.6 Å². The maximum atomic E-state index is 5.09. The van der Waals surface area contributed by atoms with Gasteiger partial charge in [0.2, 0.25) is 0 Å². The van der Waals surface area contributed by atoms with E-state index in [0.717, 1.165) is 24.3 Å². The molecule has 0 aromatic rings. The highest BCUT2D eigenvalue weighted by Gasteiger charge is 2.24. The van der Waals surface area contributed by atoms with E-state index in [4.69, 9.17) is 4.74 Å². The normalized spacial score (nSPS) is 22.2. The minimum atomic E-state index is 0.912. The number of nitrogens with zero attached hydrogens (tertiary/aromatic N) is 1. The third-order valence-corrected chi connectivity index (χ3v) is 1.51. The molecular weight excluding hydrogens is 114 g/mol. The maximum absolute atomic E-state index is 5.09. The van der Waals surface area contributed by atoms with Crippen molar-refractivity contribution in [2.45, 2.75) is 12.8 Å². The van der Waals surface area contributed by atoms with Gasteiger partial charge in [-0.3, -0.25) is 0 Å². The van der Waals surface area contributed by atoms with Gasteiger partial charge >= 0.3 is 6.40 Å². The van der Waals surface area contributed by atoms with Crippen LogP contribution in [0.1, 0.15) is 12.8 Å². The van der Waals surface area contributed by atoms with E-state index in [-0.39, 0.29) is 0 Å². The van der Waals surface area contributed by atoms with Gasteiger partial charge in [0.1, 0.15) is 4.99 Å². The summed E-state index contributed by atoms with van der Waals surface area (Å²) in [5.74, 6) is 1.03. The Bertz CT molecular complexity index is 213. The van der Waals surface area contributed by atoms with Crippen molar-refractivity contribution < 1.29 is 4.74 Å². The highest BCUT2D eigenvalue weighted by atomic mass is 16.5. The topological polar surface area (TPSA) is 23.3 Å². The van der Waals surface area contributed by atoms with Crippen molar-refractivity contribution >= 4 is 6.40 Å². The summed E-state index contributed by atoms with van der Waals surface area (Å²) in [5.41, 5.74) is 1.09. The molecule has 45 valence electrons. The van der Waals surface area contributed by atoms with Crippen molar-refractivity contribution in [2.75, 3.05) is 0 Å². The smallest absolute Gasteiger partial charge is 0.403 e. The molecule has 0 aromatic carbocycles. The zero-order chi connectivity index (χ0) is 6.10. The van der Waals surface area contributed by atoms with Gasteiger partial charge in [-0.2, -0.15) is 0 Å². The second kappa shape index (κ2) is 1.72. The van der Waals surface area contributed by atoms with Gasteiger partial charge in [-0.15, -0.1) is 0 Å². The summed E-state index contributed by atoms with van der Waals surface area (Å²) in [4.78, 5) is 4.04. The molecule has 1 radical (unpaired) electrons. The van der Waals surface area contributed by atoms with Crippen LogP contribution < -0.4 is 4.99 Å². The quantitative estimate of drug-likeness (QED) is 0.437. The fourth-order valence-electron chi connectivity index (χ4n) is 1.01. The lowest BCUT2D eigenvalue weighted by atomic mass is 10.1. The minimum Gasteiger partial charge on any atom is -0.404 e. The molecule has 0 saturated heterocycles. The van der Waals surface area contributed by atoms with Gasteiger partial charge in [0.25, 0.3) is 5.70 Å². The Morgan fingerprint density at radius 3 is 3.11 bits per heavy atom. The maximum Gasteiger partial charge on any atom is 0.403 e. The summed E-state index contributed by atoms with van der Waals surface area (Å²) in [6.45, 7) is 0. The third-order valence-electron chi connectivity index (χ3n) is 1.51. The molecule has 0 N–H and O–H groups in total. The monoisotopic (exact) mass is 121 g/mol. The molecule has 0 saturated carbocycles. The van der Waals surface area contributed by atoms with Gasteiger partial charge in [0, 0.05) is 6.42 Å². The molecule has 0 fully saturated rings. The van der Waals surface area contributed by atoms with Crippen molar-refractivity contribution in [2.24, 2.45) is 0 Å². The predicted molar refractivity (Wildman–Crippen MR) is 34.7 cm³/mol. The zero-order valence-electron chi connectivity index (χ0n) is 5.00. The molecule has 2 aliphatic rings. The van der Waals surface area contributed by atoms with Crippen LogP contribution in [0.15, 0.2) is 23.6 Å². The van der Waals surface area contributed by atoms with Gasteiger partial charge in [0.15, 0.2) is 5.76 Å². The fraction of sp³-hybridized carbons (Fsp3) is 0.286. The molecule has 2 rings (SSSR count). The van der Waals surface area contributed by atoms with E-state index in [9.17, 15) is 0 Å². The Hall–Kier alpha value is -1.05. The molecule has 2 nitrogen and oxygen atoms in total. The zero-order valence-corrected chi connectivity index (χ0v) is 5.00. The Labute approximate surface area is 53.5 Å². The van der Waals surface area contributed by atoms with Gasteiger partial charge in [0.05, 0.1) is 6.42 Å². The van der Waals surface area contributed by atoms with Crippen LogP contribution in [0.3, 0.4) is 0 Å². The lowest BCUT2D eigenvalue weighted by Gasteiger charge is -1.96. The first-order valence-electron chi connectivity index (χ1n) is 3.03. The number of hydrogen-bond acceptors (Lipinski definition) is 2. The number of rotatable bonds is 0. The average Bonchev–Trinajstić information content (AvgIpc) is 2.33. The summed E-state index contributed by atoms with van der Waals surface area (Å²) in [6.07, 6.45) is 7.58. The van der Waals surface area contributed by atoms with Crippen LogP contribution in [-0.2, 0) is 4.74 Å². The Balaban J connectivity index is 2.28. The fourth-order valence-corrected chi connectivity index (χ4v) is 1.01. The van der Waals surface area contributed by atoms with Crippen LogP contribution in [0.4, 0.5) is 0 Å². The Kier molecular flexibility index (Phi) is 0.918. The summed E-state index contributed by atoms with van der Waals surface area (Å²) in [5, 5.41) is 0. The molecule has 1 aliphatic heterocycles. The number of allylic oxidation sites excluding steroid dienone is 2. The van der Waals surface area contributed by atoms with E-state index < -0.39 is 0 Å². The van der Waals surface area contributed by atoms with Crippen LogP contribution in [0.25, 0.3) is 0 Å². The summed E-state index contributed by atoms with van der Waals surface area (Å²) in [6, 6.07) is 0. The Morgan fingerprint density at radius 2 is 2.22 bits per heavy atom. The second-order valence-electron chi connectivity index (χ2n) is 2.10. The third kappa shape index (κ3) is 0.669. The molecule has 0 atom stereocenters. The van der Waals surface area contributed by atoms with Gasteiger partial charge in [-0.1, -0.05) is 12.2 Å². The van der Waals surface area contributed by atoms with E-state index in [2.05, 4.69) is 17.1 Å². The molecule has 0 spiro atoms. The van der Waals surface area contributed by atoms with Gasteiger partial charge < -0.3 is 4.74 Å². The van der Waals surface area contributed by atoms with Crippen LogP contribution in [0.5, 0.6) is 0 Å². The predicted octanol–water partition coefficient (Wildman–Crippen LogP) is 0.942. The summed E-state index contributed by atoms with van der Waals surface area (Å²) in [7, 11) is 0. The van der Waals surface area contributed by atoms with E-state index in [0.29, 0.717) is 0 Å². The van der Waals surface area contributed by atoms with Crippen LogP contribution in [0.2, 0.25) is 0 Å². The molecule has 0 unspecified atom stereocenters. The lowest BCUT2D eigenvalue weighted by molar-refractivity contribution is 0.430. The molecular formula is C7H7NO+. The van der Waals surface area contributed by atoms with E-state index in [1.54, 1.807) is 0 Å². The van der Waals surface area contributed by atoms with Crippen molar-refractivity contribution in [1.82, 2.24) is 4.99 Å². The van der Waals surface area contributed by atoms with Crippen molar-refractivity contribution in [1.29, 1.82) is 0 Å². The van der Waals surface area contributed by atoms with E-state index >= 15 is 0 Å². The summed E-state index contributed by atoms with van der Waals surface area (Å²) >= 11 is 0. The van der Waals surface area contributed by atoms with E-state index in [1.165, 1.54) is 6.40 Å². The largest absolute Gasteiger partial charge is 0.404 e. The Morgan fingerprint density at radius 1 is 1.33 bits per heavy atom. The average molecular weight is 121 g/mol. The lowest BCUT2D eigenvalue weighted by Crippen LogP contribution is -1.92.